The first kappa shape index (κ1) is 13.8. The molecule has 0 aliphatic heterocycles. The molecular formula is C9H12ClF3N4. The molecule has 1 rings (SSSR count). The maximum Gasteiger partial charge on any atom is 0.405 e. The van der Waals surface area contributed by atoms with Gasteiger partial charge in [0.1, 0.15) is 11.6 Å². The van der Waals surface area contributed by atoms with E-state index in [1.165, 1.54) is 6.20 Å². The smallest absolute Gasteiger partial charge is 0.357 e. The summed E-state index contributed by atoms with van der Waals surface area (Å²) in [6.07, 6.45) is -3.03. The van der Waals surface area contributed by atoms with Crippen LogP contribution in [0.5, 0.6) is 0 Å². The molecule has 0 saturated carbocycles. The van der Waals surface area contributed by atoms with E-state index < -0.39 is 12.7 Å². The third-order valence-corrected chi connectivity index (χ3v) is 2.27. The second-order valence-electron chi connectivity index (χ2n) is 3.24. The third kappa shape index (κ3) is 3.92. The number of aromatic nitrogens is 2. The van der Waals surface area contributed by atoms with Gasteiger partial charge in [-0.15, -0.1) is 0 Å². The van der Waals surface area contributed by atoms with Crippen LogP contribution in [-0.2, 0) is 0 Å². The van der Waals surface area contributed by atoms with Crippen molar-refractivity contribution in [3.63, 3.8) is 0 Å². The van der Waals surface area contributed by atoms with E-state index in [0.29, 0.717) is 0 Å². The minimum Gasteiger partial charge on any atom is -0.357 e. The average Bonchev–Trinajstić information content (AvgIpc) is 2.25. The molecule has 0 aliphatic rings. The molecule has 0 aliphatic carbocycles. The molecule has 1 N–H and O–H groups in total. The molecule has 0 bridgehead atoms. The second kappa shape index (κ2) is 5.39. The van der Waals surface area contributed by atoms with Gasteiger partial charge in [0.05, 0.1) is 6.20 Å². The zero-order chi connectivity index (χ0) is 13.1. The minimum atomic E-state index is -4.30. The maximum atomic E-state index is 12.3. The molecule has 0 atom stereocenters. The van der Waals surface area contributed by atoms with Crippen LogP contribution >= 0.6 is 11.6 Å². The van der Waals surface area contributed by atoms with E-state index in [0.717, 1.165) is 4.90 Å². The van der Waals surface area contributed by atoms with Crippen LogP contribution in [0.2, 0.25) is 5.02 Å². The molecule has 4 nitrogen and oxygen atoms in total. The van der Waals surface area contributed by atoms with Crippen molar-refractivity contribution >= 4 is 23.4 Å². The van der Waals surface area contributed by atoms with Crippen LogP contribution in [0.15, 0.2) is 6.20 Å². The van der Waals surface area contributed by atoms with Crippen LogP contribution in [0, 0.1) is 0 Å². The Morgan fingerprint density at radius 1 is 1.47 bits per heavy atom. The standard InChI is InChI=1S/C9H12ClF3N4/c1-3-17(5-9(11,12)13)7-6(10)4-15-8(14-2)16-7/h4H,3,5H2,1-2H3,(H,14,15,16). The topological polar surface area (TPSA) is 41.1 Å². The highest BCUT2D eigenvalue weighted by molar-refractivity contribution is 6.32. The van der Waals surface area contributed by atoms with Crippen molar-refractivity contribution in [2.24, 2.45) is 0 Å². The molecule has 0 radical (unpaired) electrons. The summed E-state index contributed by atoms with van der Waals surface area (Å²) in [4.78, 5) is 8.77. The maximum absolute atomic E-state index is 12.3. The first-order valence-corrected chi connectivity index (χ1v) is 5.27. The number of nitrogens with one attached hydrogen (secondary N) is 1. The summed E-state index contributed by atoms with van der Waals surface area (Å²) in [6, 6.07) is 0. The Morgan fingerprint density at radius 2 is 2.12 bits per heavy atom. The number of anilines is 2. The van der Waals surface area contributed by atoms with Gasteiger partial charge in [0.2, 0.25) is 5.95 Å². The fourth-order valence-corrected chi connectivity index (χ4v) is 1.46. The van der Waals surface area contributed by atoms with Crippen LogP contribution in [0.1, 0.15) is 6.92 Å². The van der Waals surface area contributed by atoms with Gasteiger partial charge in [-0.25, -0.2) is 4.98 Å². The summed E-state index contributed by atoms with van der Waals surface area (Å²) in [7, 11) is 1.58. The molecule has 1 heterocycles. The monoisotopic (exact) mass is 268 g/mol. The lowest BCUT2D eigenvalue weighted by Gasteiger charge is -2.24. The minimum absolute atomic E-state index is 0.0749. The number of hydrogen-bond acceptors (Lipinski definition) is 4. The first-order valence-electron chi connectivity index (χ1n) is 4.89. The normalized spacial score (nSPS) is 11.4. The van der Waals surface area contributed by atoms with Gasteiger partial charge in [-0.1, -0.05) is 11.6 Å². The van der Waals surface area contributed by atoms with Crippen molar-refractivity contribution in [2.75, 3.05) is 30.4 Å². The molecule has 0 spiro atoms. The zero-order valence-corrected chi connectivity index (χ0v) is 10.1. The highest BCUT2D eigenvalue weighted by Crippen LogP contribution is 2.26. The highest BCUT2D eigenvalue weighted by atomic mass is 35.5. The van der Waals surface area contributed by atoms with Gasteiger partial charge in [-0.3, -0.25) is 0 Å². The quantitative estimate of drug-likeness (QED) is 0.911. The van der Waals surface area contributed by atoms with Gasteiger partial charge in [0, 0.05) is 13.6 Å². The Kier molecular flexibility index (Phi) is 4.39. The van der Waals surface area contributed by atoms with Crippen molar-refractivity contribution in [3.8, 4) is 0 Å². The van der Waals surface area contributed by atoms with E-state index in [1.807, 2.05) is 0 Å². The predicted molar refractivity (Wildman–Crippen MR) is 60.5 cm³/mol. The lowest BCUT2D eigenvalue weighted by atomic mass is 10.4. The zero-order valence-electron chi connectivity index (χ0n) is 9.35. The molecular weight excluding hydrogens is 257 g/mol. The Hall–Kier alpha value is -1.24. The van der Waals surface area contributed by atoms with Crippen molar-refractivity contribution in [3.05, 3.63) is 11.2 Å². The fraction of sp³-hybridized carbons (Fsp3) is 0.556. The highest BCUT2D eigenvalue weighted by Gasteiger charge is 2.31. The Labute approximate surface area is 102 Å². The summed E-state index contributed by atoms with van der Waals surface area (Å²) in [5.74, 6) is 0.302. The molecule has 1 aromatic heterocycles. The van der Waals surface area contributed by atoms with E-state index in [1.54, 1.807) is 14.0 Å². The molecule has 17 heavy (non-hydrogen) atoms. The van der Waals surface area contributed by atoms with Gasteiger partial charge in [-0.05, 0) is 6.92 Å². The van der Waals surface area contributed by atoms with Gasteiger partial charge in [-0.2, -0.15) is 18.2 Å². The molecule has 96 valence electrons. The summed E-state index contributed by atoms with van der Waals surface area (Å²) < 4.78 is 37.0. The molecule has 0 saturated heterocycles. The Balaban J connectivity index is 3.02. The van der Waals surface area contributed by atoms with E-state index in [2.05, 4.69) is 15.3 Å². The van der Waals surface area contributed by atoms with Crippen molar-refractivity contribution in [1.29, 1.82) is 0 Å². The summed E-state index contributed by atoms with van der Waals surface area (Å²) in [5.41, 5.74) is 0. The van der Waals surface area contributed by atoms with Gasteiger partial charge >= 0.3 is 6.18 Å². The van der Waals surface area contributed by atoms with Crippen molar-refractivity contribution in [1.82, 2.24) is 9.97 Å². The van der Waals surface area contributed by atoms with E-state index in [4.69, 9.17) is 11.6 Å². The number of rotatable bonds is 4. The van der Waals surface area contributed by atoms with E-state index >= 15 is 0 Å². The number of alkyl halides is 3. The Morgan fingerprint density at radius 3 is 2.59 bits per heavy atom. The second-order valence-corrected chi connectivity index (χ2v) is 3.65. The van der Waals surface area contributed by atoms with Crippen molar-refractivity contribution in [2.45, 2.75) is 13.1 Å². The summed E-state index contributed by atoms with van der Waals surface area (Å²) in [6.45, 7) is 0.659. The van der Waals surface area contributed by atoms with Crippen LogP contribution in [0.3, 0.4) is 0 Å². The average molecular weight is 269 g/mol. The predicted octanol–water partition coefficient (Wildman–Crippen LogP) is 2.56. The van der Waals surface area contributed by atoms with E-state index in [9.17, 15) is 13.2 Å². The number of halogens is 4. The van der Waals surface area contributed by atoms with Crippen LogP contribution in [-0.4, -0.2) is 36.3 Å². The first-order chi connectivity index (χ1) is 7.87. The molecule has 1 aromatic rings. The van der Waals surface area contributed by atoms with Gasteiger partial charge in [0.25, 0.3) is 0 Å². The molecule has 0 fully saturated rings. The molecule has 8 heteroatoms. The summed E-state index contributed by atoms with van der Waals surface area (Å²) >= 11 is 5.79. The third-order valence-electron chi connectivity index (χ3n) is 2.00. The van der Waals surface area contributed by atoms with Crippen LogP contribution in [0.4, 0.5) is 24.9 Å². The van der Waals surface area contributed by atoms with Crippen LogP contribution < -0.4 is 10.2 Å². The molecule has 0 amide bonds. The largest absolute Gasteiger partial charge is 0.405 e. The fourth-order valence-electron chi connectivity index (χ4n) is 1.25. The number of hydrogen-bond donors (Lipinski definition) is 1. The van der Waals surface area contributed by atoms with Gasteiger partial charge in [0.15, 0.2) is 5.82 Å². The molecule has 0 unspecified atom stereocenters. The van der Waals surface area contributed by atoms with E-state index in [-0.39, 0.29) is 23.3 Å². The number of nitrogens with zero attached hydrogens (tertiary/aromatic N) is 3. The lowest BCUT2D eigenvalue weighted by molar-refractivity contribution is -0.119. The molecule has 0 aromatic carbocycles. The Bertz CT molecular complexity index is 383. The summed E-state index contributed by atoms with van der Waals surface area (Å²) in [5, 5.41) is 2.74. The van der Waals surface area contributed by atoms with Crippen molar-refractivity contribution < 1.29 is 13.2 Å². The SMILES string of the molecule is CCN(CC(F)(F)F)c1nc(NC)ncc1Cl. The van der Waals surface area contributed by atoms with Gasteiger partial charge < -0.3 is 10.2 Å². The lowest BCUT2D eigenvalue weighted by Crippen LogP contribution is -2.35. The van der Waals surface area contributed by atoms with Crippen LogP contribution in [0.25, 0.3) is 0 Å².